The number of hydrogen-bond acceptors (Lipinski definition) is 4. The van der Waals surface area contributed by atoms with Crippen molar-refractivity contribution in [2.75, 3.05) is 0 Å². The number of aromatic nitrogens is 4. The van der Waals surface area contributed by atoms with E-state index in [1.165, 1.54) is 16.9 Å². The van der Waals surface area contributed by atoms with Crippen molar-refractivity contribution in [2.24, 2.45) is 7.05 Å². The van der Waals surface area contributed by atoms with Crippen LogP contribution in [0.15, 0.2) is 48.2 Å². The van der Waals surface area contributed by atoms with Crippen molar-refractivity contribution < 1.29 is 4.79 Å². The molecule has 142 valence electrons. The van der Waals surface area contributed by atoms with Crippen molar-refractivity contribution in [3.05, 3.63) is 65.1 Å². The first-order valence-corrected chi connectivity index (χ1v) is 10.3. The van der Waals surface area contributed by atoms with Gasteiger partial charge in [-0.15, -0.1) is 11.3 Å². The first kappa shape index (κ1) is 17.2. The van der Waals surface area contributed by atoms with Crippen LogP contribution in [0, 0.1) is 6.92 Å². The Morgan fingerprint density at radius 1 is 1.29 bits per heavy atom. The van der Waals surface area contributed by atoms with Crippen LogP contribution >= 0.6 is 11.3 Å². The van der Waals surface area contributed by atoms with Gasteiger partial charge in [0.05, 0.1) is 11.9 Å². The minimum Gasteiger partial charge on any atom is -0.330 e. The Balaban J connectivity index is 1.49. The summed E-state index contributed by atoms with van der Waals surface area (Å²) in [7, 11) is 1.90. The van der Waals surface area contributed by atoms with Gasteiger partial charge in [-0.3, -0.25) is 13.9 Å². The van der Waals surface area contributed by atoms with Crippen LogP contribution in [-0.2, 0) is 13.6 Å². The Kier molecular flexibility index (Phi) is 4.05. The summed E-state index contributed by atoms with van der Waals surface area (Å²) in [4.78, 5) is 21.0. The molecule has 0 radical (unpaired) electrons. The molecule has 0 saturated heterocycles. The number of rotatable bonds is 5. The van der Waals surface area contributed by atoms with E-state index >= 15 is 0 Å². The van der Waals surface area contributed by atoms with E-state index < -0.39 is 0 Å². The summed E-state index contributed by atoms with van der Waals surface area (Å²) in [6.07, 6.45) is 7.92. The zero-order valence-electron chi connectivity index (χ0n) is 15.9. The maximum absolute atomic E-state index is 13.4. The van der Waals surface area contributed by atoms with Crippen molar-refractivity contribution in [1.29, 1.82) is 0 Å². The third-order valence-corrected chi connectivity index (χ3v) is 6.05. The van der Waals surface area contributed by atoms with E-state index in [2.05, 4.69) is 24.2 Å². The minimum absolute atomic E-state index is 0.0614. The molecule has 0 aliphatic heterocycles. The van der Waals surface area contributed by atoms with Crippen molar-refractivity contribution in [3.8, 4) is 11.3 Å². The van der Waals surface area contributed by atoms with Crippen LogP contribution in [0.1, 0.15) is 34.5 Å². The lowest BCUT2D eigenvalue weighted by atomic mass is 10.1. The van der Waals surface area contributed by atoms with E-state index in [0.29, 0.717) is 18.3 Å². The number of hydrogen-bond donors (Lipinski definition) is 0. The highest BCUT2D eigenvalue weighted by atomic mass is 32.1. The molecule has 1 aliphatic rings. The molecule has 1 aromatic carbocycles. The summed E-state index contributed by atoms with van der Waals surface area (Å²) < 4.78 is 3.71. The Labute approximate surface area is 167 Å². The zero-order valence-corrected chi connectivity index (χ0v) is 16.7. The van der Waals surface area contributed by atoms with Crippen LogP contribution in [-0.4, -0.2) is 36.0 Å². The molecule has 6 nitrogen and oxygen atoms in total. The summed E-state index contributed by atoms with van der Waals surface area (Å²) in [6.45, 7) is 2.67. The van der Waals surface area contributed by atoms with Crippen LogP contribution in [0.25, 0.3) is 16.2 Å². The first-order valence-electron chi connectivity index (χ1n) is 9.41. The van der Waals surface area contributed by atoms with Gasteiger partial charge >= 0.3 is 0 Å². The fourth-order valence-corrected chi connectivity index (χ4v) is 4.43. The van der Waals surface area contributed by atoms with Gasteiger partial charge in [-0.05, 0) is 25.3 Å². The second-order valence-corrected chi connectivity index (χ2v) is 8.24. The molecule has 4 aromatic rings. The quantitative estimate of drug-likeness (QED) is 0.518. The van der Waals surface area contributed by atoms with Gasteiger partial charge < -0.3 is 4.90 Å². The molecule has 0 unspecified atom stereocenters. The molecule has 1 amide bonds. The van der Waals surface area contributed by atoms with Crippen LogP contribution in [0.5, 0.6) is 0 Å². The van der Waals surface area contributed by atoms with E-state index in [1.54, 1.807) is 4.68 Å². The molecule has 0 atom stereocenters. The SMILES string of the molecule is Cc1ccccc1-c1cn2c(C(=O)N(Cc3cnn(C)c3)C3CC3)csc2n1. The molecule has 1 aliphatic carbocycles. The monoisotopic (exact) mass is 391 g/mol. The number of thiazole rings is 1. The third-order valence-electron chi connectivity index (χ3n) is 5.21. The van der Waals surface area contributed by atoms with Gasteiger partial charge in [0.15, 0.2) is 4.96 Å². The van der Waals surface area contributed by atoms with Crippen LogP contribution in [0.3, 0.4) is 0 Å². The molecular formula is C21H21N5OS. The largest absolute Gasteiger partial charge is 0.330 e. The molecule has 3 aromatic heterocycles. The average Bonchev–Trinajstić information content (AvgIpc) is 3.11. The number of fused-ring (bicyclic) bond motifs is 1. The zero-order chi connectivity index (χ0) is 19.3. The second-order valence-electron chi connectivity index (χ2n) is 7.40. The summed E-state index contributed by atoms with van der Waals surface area (Å²) >= 11 is 1.51. The highest BCUT2D eigenvalue weighted by Crippen LogP contribution is 2.32. The van der Waals surface area contributed by atoms with E-state index in [0.717, 1.165) is 34.6 Å². The number of benzene rings is 1. The molecular weight excluding hydrogens is 370 g/mol. The number of carbonyl (C=O) groups is 1. The lowest BCUT2D eigenvalue weighted by Gasteiger charge is -2.21. The van der Waals surface area contributed by atoms with Gasteiger partial charge in [-0.1, -0.05) is 24.3 Å². The Bertz CT molecular complexity index is 1170. The third kappa shape index (κ3) is 3.01. The number of carbonyl (C=O) groups excluding carboxylic acids is 1. The van der Waals surface area contributed by atoms with Gasteiger partial charge in [-0.25, -0.2) is 4.98 Å². The second kappa shape index (κ2) is 6.60. The van der Waals surface area contributed by atoms with Crippen LogP contribution in [0.2, 0.25) is 0 Å². The van der Waals surface area contributed by atoms with Crippen molar-refractivity contribution >= 4 is 22.2 Å². The molecule has 0 bridgehead atoms. The summed E-state index contributed by atoms with van der Waals surface area (Å²) in [5.74, 6) is 0.0614. The fourth-order valence-electron chi connectivity index (χ4n) is 3.58. The van der Waals surface area contributed by atoms with Crippen molar-refractivity contribution in [3.63, 3.8) is 0 Å². The van der Waals surface area contributed by atoms with Crippen LogP contribution < -0.4 is 0 Å². The molecule has 0 N–H and O–H groups in total. The van der Waals surface area contributed by atoms with Gasteiger partial charge in [0.1, 0.15) is 5.69 Å². The Morgan fingerprint density at radius 3 is 2.82 bits per heavy atom. The number of nitrogens with zero attached hydrogens (tertiary/aromatic N) is 5. The summed E-state index contributed by atoms with van der Waals surface area (Å²) in [5, 5.41) is 6.15. The van der Waals surface area contributed by atoms with Gasteiger partial charge in [-0.2, -0.15) is 5.10 Å². The van der Waals surface area contributed by atoms with Crippen molar-refractivity contribution in [2.45, 2.75) is 32.4 Å². The van der Waals surface area contributed by atoms with Gasteiger partial charge in [0, 0.05) is 48.5 Å². The minimum atomic E-state index is 0.0614. The highest BCUT2D eigenvalue weighted by Gasteiger charge is 2.34. The topological polar surface area (TPSA) is 55.4 Å². The molecule has 28 heavy (non-hydrogen) atoms. The normalized spacial score (nSPS) is 13.9. The molecule has 5 rings (SSSR count). The van der Waals surface area contributed by atoms with Gasteiger partial charge in [0.2, 0.25) is 0 Å². The predicted molar refractivity (Wildman–Crippen MR) is 109 cm³/mol. The molecule has 7 heteroatoms. The maximum atomic E-state index is 13.4. The fraction of sp³-hybridized carbons (Fsp3) is 0.286. The molecule has 1 fully saturated rings. The summed E-state index contributed by atoms with van der Waals surface area (Å²) in [5.41, 5.74) is 4.93. The van der Waals surface area contributed by atoms with E-state index in [4.69, 9.17) is 4.98 Å². The van der Waals surface area contributed by atoms with E-state index in [9.17, 15) is 4.79 Å². The number of aryl methyl sites for hydroxylation is 2. The lowest BCUT2D eigenvalue weighted by molar-refractivity contribution is 0.0723. The predicted octanol–water partition coefficient (Wildman–Crippen LogP) is 3.91. The number of amides is 1. The average molecular weight is 392 g/mol. The Morgan fingerprint density at radius 2 is 2.11 bits per heavy atom. The van der Waals surface area contributed by atoms with Crippen LogP contribution in [0.4, 0.5) is 0 Å². The number of imidazole rings is 1. The highest BCUT2D eigenvalue weighted by molar-refractivity contribution is 7.15. The van der Waals surface area contributed by atoms with E-state index in [1.807, 2.05) is 52.5 Å². The van der Waals surface area contributed by atoms with Gasteiger partial charge in [0.25, 0.3) is 5.91 Å². The molecule has 1 saturated carbocycles. The molecule has 0 spiro atoms. The van der Waals surface area contributed by atoms with E-state index in [-0.39, 0.29) is 5.91 Å². The Hall–Kier alpha value is -2.93. The molecule has 3 heterocycles. The van der Waals surface area contributed by atoms with Crippen molar-refractivity contribution in [1.82, 2.24) is 24.1 Å². The maximum Gasteiger partial charge on any atom is 0.272 e. The standard InChI is InChI=1S/C21H21N5OS/c1-14-5-3-4-6-17(14)18-12-26-19(13-28-21(26)23-18)20(27)25(16-7-8-16)11-15-9-22-24(2)10-15/h3-6,9-10,12-13,16H,7-8,11H2,1-2H3. The smallest absolute Gasteiger partial charge is 0.272 e. The lowest BCUT2D eigenvalue weighted by Crippen LogP contribution is -2.33. The first-order chi connectivity index (χ1) is 13.6. The summed E-state index contributed by atoms with van der Waals surface area (Å²) in [6, 6.07) is 8.52.